The Bertz CT molecular complexity index is 1180. The molecule has 0 atom stereocenters. The predicted octanol–water partition coefficient (Wildman–Crippen LogP) is 3.99. The van der Waals surface area contributed by atoms with Crippen LogP contribution in [0.4, 0.5) is 4.39 Å². The number of amides is 1. The fraction of sp³-hybridized carbons (Fsp3) is 0.273. The van der Waals surface area contributed by atoms with Crippen molar-refractivity contribution in [3.8, 4) is 0 Å². The highest BCUT2D eigenvalue weighted by Gasteiger charge is 2.20. The minimum Gasteiger partial charge on any atom is -0.347 e. The van der Waals surface area contributed by atoms with Gasteiger partial charge in [-0.2, -0.15) is 0 Å². The Labute approximate surface area is 185 Å². The number of halogens is 1. The molecule has 0 aliphatic rings. The summed E-state index contributed by atoms with van der Waals surface area (Å²) < 4.78 is 40.9. The van der Waals surface area contributed by atoms with Gasteiger partial charge in [0.2, 0.25) is 10.0 Å². The number of benzene rings is 2. The summed E-state index contributed by atoms with van der Waals surface area (Å²) in [5.74, 6) is -0.685. The lowest BCUT2D eigenvalue weighted by Crippen LogP contribution is -2.24. The zero-order chi connectivity index (χ0) is 22.6. The van der Waals surface area contributed by atoms with Crippen molar-refractivity contribution in [3.05, 3.63) is 81.6 Å². The summed E-state index contributed by atoms with van der Waals surface area (Å²) in [6, 6.07) is 12.1. The van der Waals surface area contributed by atoms with E-state index in [1.807, 2.05) is 20.8 Å². The number of thiazole rings is 1. The number of carbonyl (C=O) groups is 1. The van der Waals surface area contributed by atoms with E-state index >= 15 is 0 Å². The van der Waals surface area contributed by atoms with E-state index < -0.39 is 15.8 Å². The molecule has 0 radical (unpaired) electrons. The van der Waals surface area contributed by atoms with Crippen molar-refractivity contribution < 1.29 is 17.6 Å². The number of aromatic nitrogens is 1. The van der Waals surface area contributed by atoms with E-state index in [0.29, 0.717) is 16.0 Å². The third-order valence-corrected chi connectivity index (χ3v) is 7.21. The van der Waals surface area contributed by atoms with Crippen LogP contribution in [0.25, 0.3) is 0 Å². The minimum absolute atomic E-state index is 0.0253. The van der Waals surface area contributed by atoms with Crippen molar-refractivity contribution in [1.82, 2.24) is 15.0 Å². The fourth-order valence-corrected chi connectivity index (χ4v) is 4.70. The monoisotopic (exact) mass is 461 g/mol. The molecule has 1 aromatic heterocycles. The Morgan fingerprint density at radius 1 is 1.06 bits per heavy atom. The van der Waals surface area contributed by atoms with Crippen LogP contribution in [0.2, 0.25) is 0 Å². The second kappa shape index (κ2) is 9.25. The number of nitrogens with one attached hydrogen (secondary N) is 2. The van der Waals surface area contributed by atoms with Crippen LogP contribution in [0.5, 0.6) is 0 Å². The van der Waals surface area contributed by atoms with Gasteiger partial charge in [0.1, 0.15) is 10.7 Å². The highest BCUT2D eigenvalue weighted by molar-refractivity contribution is 7.89. The lowest BCUT2D eigenvalue weighted by Gasteiger charge is -2.13. The summed E-state index contributed by atoms with van der Waals surface area (Å²) >= 11 is 1.34. The molecule has 3 aromatic rings. The molecule has 31 heavy (non-hydrogen) atoms. The lowest BCUT2D eigenvalue weighted by molar-refractivity contribution is 0.0954. The number of hydrogen-bond acceptors (Lipinski definition) is 5. The number of rotatable bonds is 7. The first-order valence-electron chi connectivity index (χ1n) is 9.62. The fourth-order valence-electron chi connectivity index (χ4n) is 2.73. The molecule has 0 saturated heterocycles. The summed E-state index contributed by atoms with van der Waals surface area (Å²) in [6.07, 6.45) is 1.55. The summed E-state index contributed by atoms with van der Waals surface area (Å²) in [6.45, 7) is 6.24. The van der Waals surface area contributed by atoms with Gasteiger partial charge in [-0.3, -0.25) is 4.79 Å². The van der Waals surface area contributed by atoms with Gasteiger partial charge in [-0.15, -0.1) is 11.3 Å². The van der Waals surface area contributed by atoms with Crippen LogP contribution in [0.3, 0.4) is 0 Å². The molecule has 1 amide bonds. The van der Waals surface area contributed by atoms with Gasteiger partial charge >= 0.3 is 0 Å². The predicted molar refractivity (Wildman–Crippen MR) is 119 cm³/mol. The molecule has 1 heterocycles. The van der Waals surface area contributed by atoms with E-state index in [9.17, 15) is 17.6 Å². The van der Waals surface area contributed by atoms with Crippen molar-refractivity contribution in [3.63, 3.8) is 0 Å². The van der Waals surface area contributed by atoms with E-state index in [0.717, 1.165) is 5.01 Å². The highest BCUT2D eigenvalue weighted by Crippen LogP contribution is 2.26. The van der Waals surface area contributed by atoms with Gasteiger partial charge in [-0.25, -0.2) is 22.5 Å². The zero-order valence-electron chi connectivity index (χ0n) is 17.5. The van der Waals surface area contributed by atoms with Gasteiger partial charge in [-0.1, -0.05) is 45.0 Å². The Morgan fingerprint density at radius 2 is 1.74 bits per heavy atom. The largest absolute Gasteiger partial charge is 0.347 e. The Hall–Kier alpha value is -2.62. The van der Waals surface area contributed by atoms with Gasteiger partial charge in [-0.05, 0) is 35.4 Å². The first-order chi connectivity index (χ1) is 14.5. The number of nitrogens with zero attached hydrogens (tertiary/aromatic N) is 1. The second-order valence-electron chi connectivity index (χ2n) is 8.06. The second-order valence-corrected chi connectivity index (χ2v) is 10.9. The number of hydrogen-bond donors (Lipinski definition) is 2. The lowest BCUT2D eigenvalue weighted by atomic mass is 9.98. The van der Waals surface area contributed by atoms with Crippen LogP contribution < -0.4 is 10.0 Å². The molecule has 6 nitrogen and oxygen atoms in total. The average molecular weight is 462 g/mol. The summed E-state index contributed by atoms with van der Waals surface area (Å²) in [4.78, 5) is 17.3. The SMILES string of the molecule is CC(C)(C)c1ncc(C(=O)NCc2cccc(S(=O)(=O)NCc3cccc(F)c3)c2)s1. The maximum Gasteiger partial charge on any atom is 0.263 e. The van der Waals surface area contributed by atoms with E-state index in [2.05, 4.69) is 15.0 Å². The topological polar surface area (TPSA) is 88.2 Å². The summed E-state index contributed by atoms with van der Waals surface area (Å²) in [7, 11) is -3.79. The molecule has 0 fully saturated rings. The Morgan fingerprint density at radius 3 is 2.39 bits per heavy atom. The molecule has 3 rings (SSSR count). The van der Waals surface area contributed by atoms with Gasteiger partial charge in [0, 0.05) is 18.5 Å². The van der Waals surface area contributed by atoms with E-state index in [1.165, 1.54) is 41.7 Å². The number of carbonyl (C=O) groups excluding carboxylic acids is 1. The Balaban J connectivity index is 1.64. The van der Waals surface area contributed by atoms with Crippen molar-refractivity contribution in [1.29, 1.82) is 0 Å². The van der Waals surface area contributed by atoms with Crippen LogP contribution in [-0.2, 0) is 28.5 Å². The average Bonchev–Trinajstić information content (AvgIpc) is 3.22. The van der Waals surface area contributed by atoms with Crippen molar-refractivity contribution >= 4 is 27.3 Å². The molecular formula is C22H24FN3O3S2. The van der Waals surface area contributed by atoms with Crippen LogP contribution in [0.1, 0.15) is 46.6 Å². The van der Waals surface area contributed by atoms with Crippen molar-refractivity contribution in [2.75, 3.05) is 0 Å². The third kappa shape index (κ3) is 6.19. The van der Waals surface area contributed by atoms with Crippen molar-refractivity contribution in [2.24, 2.45) is 0 Å². The normalized spacial score (nSPS) is 12.0. The third-order valence-electron chi connectivity index (χ3n) is 4.39. The highest BCUT2D eigenvalue weighted by atomic mass is 32.2. The molecule has 0 saturated carbocycles. The first-order valence-corrected chi connectivity index (χ1v) is 11.9. The molecule has 0 spiro atoms. The van der Waals surface area contributed by atoms with Gasteiger partial charge < -0.3 is 5.32 Å². The molecule has 0 aliphatic carbocycles. The molecular weight excluding hydrogens is 437 g/mol. The molecule has 0 aliphatic heterocycles. The van der Waals surface area contributed by atoms with Crippen LogP contribution in [0.15, 0.2) is 59.6 Å². The molecule has 0 unspecified atom stereocenters. The molecule has 0 bridgehead atoms. The smallest absolute Gasteiger partial charge is 0.263 e. The quantitative estimate of drug-likeness (QED) is 0.557. The molecule has 2 N–H and O–H groups in total. The van der Waals surface area contributed by atoms with E-state index in [4.69, 9.17) is 0 Å². The van der Waals surface area contributed by atoms with Crippen LogP contribution >= 0.6 is 11.3 Å². The maximum atomic E-state index is 13.3. The van der Waals surface area contributed by atoms with Crippen LogP contribution in [-0.4, -0.2) is 19.3 Å². The Kier molecular flexibility index (Phi) is 6.88. The van der Waals surface area contributed by atoms with Crippen molar-refractivity contribution in [2.45, 2.75) is 44.2 Å². The summed E-state index contributed by atoms with van der Waals surface area (Å²) in [5, 5.41) is 3.67. The maximum absolute atomic E-state index is 13.3. The molecule has 2 aromatic carbocycles. The zero-order valence-corrected chi connectivity index (χ0v) is 19.1. The van der Waals surface area contributed by atoms with E-state index in [1.54, 1.807) is 24.4 Å². The molecule has 9 heteroatoms. The van der Waals surface area contributed by atoms with Gasteiger partial charge in [0.15, 0.2) is 0 Å². The first kappa shape index (κ1) is 23.1. The van der Waals surface area contributed by atoms with Gasteiger partial charge in [0.05, 0.1) is 16.1 Å². The van der Waals surface area contributed by atoms with Crippen LogP contribution in [0, 0.1) is 5.82 Å². The van der Waals surface area contributed by atoms with E-state index in [-0.39, 0.29) is 29.3 Å². The summed E-state index contributed by atoms with van der Waals surface area (Å²) in [5.41, 5.74) is 1.03. The molecule has 164 valence electrons. The standard InChI is InChI=1S/C22H24FN3O3S2/c1-22(2,3)21-25-14-19(30-21)20(27)24-12-16-7-5-9-18(11-16)31(28,29)26-13-15-6-4-8-17(23)10-15/h4-11,14,26H,12-13H2,1-3H3,(H,24,27). The number of sulfonamides is 1. The minimum atomic E-state index is -3.79. The van der Waals surface area contributed by atoms with Gasteiger partial charge in [0.25, 0.3) is 5.91 Å².